The average Bonchev–Trinajstić information content (AvgIpc) is 2.88. The molecule has 1 aromatic rings. The Bertz CT molecular complexity index is 589. The summed E-state index contributed by atoms with van der Waals surface area (Å²) in [4.78, 5) is 7.24. The van der Waals surface area contributed by atoms with Crippen molar-refractivity contribution in [1.29, 1.82) is 0 Å². The van der Waals surface area contributed by atoms with E-state index < -0.39 is 0 Å². The van der Waals surface area contributed by atoms with Crippen LogP contribution in [0.25, 0.3) is 0 Å². The summed E-state index contributed by atoms with van der Waals surface area (Å²) in [6.07, 6.45) is 8.58. The first-order valence-corrected chi connectivity index (χ1v) is 9.33. The zero-order valence-electron chi connectivity index (χ0n) is 14.5. The van der Waals surface area contributed by atoms with Crippen molar-refractivity contribution < 1.29 is 0 Å². The Morgan fingerprint density at radius 1 is 1.30 bits per heavy atom. The molecule has 0 radical (unpaired) electrons. The Morgan fingerprint density at radius 3 is 3.04 bits per heavy atom. The van der Waals surface area contributed by atoms with Crippen LogP contribution in [-0.4, -0.2) is 35.6 Å². The van der Waals surface area contributed by atoms with E-state index in [1.807, 2.05) is 0 Å². The largest absolute Gasteiger partial charge is 0.371 e. The number of nitrogens with zero attached hydrogens (tertiary/aromatic N) is 2. The van der Waals surface area contributed by atoms with Crippen LogP contribution in [0.1, 0.15) is 43.9 Å². The fourth-order valence-corrected chi connectivity index (χ4v) is 4.87. The van der Waals surface area contributed by atoms with E-state index in [-0.39, 0.29) is 0 Å². The van der Waals surface area contributed by atoms with E-state index >= 15 is 0 Å². The smallest absolute Gasteiger partial charge is 0.0372 e. The van der Waals surface area contributed by atoms with Gasteiger partial charge in [-0.2, -0.15) is 0 Å². The van der Waals surface area contributed by atoms with E-state index in [0.29, 0.717) is 0 Å². The van der Waals surface area contributed by atoms with Gasteiger partial charge in [0.25, 0.3) is 0 Å². The van der Waals surface area contributed by atoms with Crippen molar-refractivity contribution in [3.63, 3.8) is 0 Å². The van der Waals surface area contributed by atoms with E-state index in [4.69, 9.17) is 0 Å². The third-order valence-electron chi connectivity index (χ3n) is 6.11. The molecule has 3 nitrogen and oxygen atoms in total. The monoisotopic (exact) mass is 311 g/mol. The topological polar surface area (TPSA) is 28.2 Å². The zero-order chi connectivity index (χ0) is 15.8. The van der Waals surface area contributed by atoms with Gasteiger partial charge in [0.05, 0.1) is 0 Å². The lowest BCUT2D eigenvalue weighted by molar-refractivity contribution is 0.162. The van der Waals surface area contributed by atoms with Crippen LogP contribution in [0.4, 0.5) is 0 Å². The highest BCUT2D eigenvalue weighted by Gasteiger charge is 2.43. The predicted octanol–water partition coefficient (Wildman–Crippen LogP) is 3.30. The van der Waals surface area contributed by atoms with Crippen molar-refractivity contribution in [3.05, 3.63) is 40.9 Å². The third-order valence-corrected chi connectivity index (χ3v) is 6.11. The van der Waals surface area contributed by atoms with E-state index in [1.54, 1.807) is 11.3 Å². The molecule has 0 bridgehead atoms. The minimum atomic E-state index is 0.773. The molecular formula is C20H29N3. The second-order valence-electron chi connectivity index (χ2n) is 7.74. The van der Waals surface area contributed by atoms with Crippen molar-refractivity contribution in [3.8, 4) is 0 Å². The molecule has 3 unspecified atom stereocenters. The van der Waals surface area contributed by atoms with E-state index in [0.717, 1.165) is 43.1 Å². The van der Waals surface area contributed by atoms with Gasteiger partial charge in [-0.15, -0.1) is 0 Å². The SMILES string of the molecule is Cc1ccc(CCN2C3=C(CNCC3)C3CC(C)CCC32)cn1. The van der Waals surface area contributed by atoms with Gasteiger partial charge in [0.1, 0.15) is 0 Å². The molecule has 0 spiro atoms. The summed E-state index contributed by atoms with van der Waals surface area (Å²) in [5, 5.41) is 3.61. The van der Waals surface area contributed by atoms with Crippen LogP contribution < -0.4 is 5.32 Å². The van der Waals surface area contributed by atoms with E-state index in [1.165, 1.54) is 37.8 Å². The molecule has 1 fully saturated rings. The molecule has 0 saturated heterocycles. The normalized spacial score (nSPS) is 30.3. The Morgan fingerprint density at radius 2 is 2.22 bits per heavy atom. The van der Waals surface area contributed by atoms with Gasteiger partial charge in [-0.05, 0) is 62.1 Å². The van der Waals surface area contributed by atoms with E-state index in [9.17, 15) is 0 Å². The number of nitrogens with one attached hydrogen (secondary N) is 1. The molecule has 1 N–H and O–H groups in total. The van der Waals surface area contributed by atoms with Gasteiger partial charge in [0, 0.05) is 49.2 Å². The van der Waals surface area contributed by atoms with Gasteiger partial charge < -0.3 is 10.2 Å². The third kappa shape index (κ3) is 2.91. The van der Waals surface area contributed by atoms with Crippen LogP contribution in [0.3, 0.4) is 0 Å². The van der Waals surface area contributed by atoms with Crippen LogP contribution in [0, 0.1) is 18.8 Å². The molecule has 23 heavy (non-hydrogen) atoms. The fourth-order valence-electron chi connectivity index (χ4n) is 4.87. The summed E-state index contributed by atoms with van der Waals surface area (Å²) in [5.74, 6) is 1.71. The lowest BCUT2D eigenvalue weighted by atomic mass is 9.76. The molecule has 1 aliphatic carbocycles. The zero-order valence-corrected chi connectivity index (χ0v) is 14.5. The highest BCUT2D eigenvalue weighted by molar-refractivity contribution is 5.30. The van der Waals surface area contributed by atoms with Gasteiger partial charge in [-0.25, -0.2) is 0 Å². The lowest BCUT2D eigenvalue weighted by Crippen LogP contribution is -2.39. The maximum absolute atomic E-state index is 4.46. The quantitative estimate of drug-likeness (QED) is 0.928. The Hall–Kier alpha value is -1.35. The molecule has 0 aromatic carbocycles. The number of hydrogen-bond acceptors (Lipinski definition) is 3. The molecule has 1 aromatic heterocycles. The second-order valence-corrected chi connectivity index (χ2v) is 7.74. The van der Waals surface area contributed by atoms with Gasteiger partial charge in [0.15, 0.2) is 0 Å². The Balaban J connectivity index is 1.52. The molecular weight excluding hydrogens is 282 g/mol. The first kappa shape index (κ1) is 15.2. The molecule has 124 valence electrons. The van der Waals surface area contributed by atoms with Crippen molar-refractivity contribution in [2.24, 2.45) is 11.8 Å². The molecule has 1 saturated carbocycles. The van der Waals surface area contributed by atoms with Crippen LogP contribution in [0.5, 0.6) is 0 Å². The minimum Gasteiger partial charge on any atom is -0.371 e. The number of fused-ring (bicyclic) bond motifs is 2. The fraction of sp³-hybridized carbons (Fsp3) is 0.650. The maximum Gasteiger partial charge on any atom is 0.0372 e. The van der Waals surface area contributed by atoms with Crippen LogP contribution in [0.15, 0.2) is 29.6 Å². The molecule has 3 heterocycles. The number of aromatic nitrogens is 1. The standard InChI is InChI=1S/C20H29N3/c1-14-3-6-19-17(11-14)18-13-21-9-7-20(18)23(19)10-8-16-5-4-15(2)22-12-16/h4-5,12,14,17,19,21H,3,6-11,13H2,1-2H3. The minimum absolute atomic E-state index is 0.773. The number of rotatable bonds is 3. The van der Waals surface area contributed by atoms with E-state index in [2.05, 4.69) is 47.4 Å². The number of aryl methyl sites for hydroxylation is 1. The van der Waals surface area contributed by atoms with Crippen LogP contribution in [-0.2, 0) is 6.42 Å². The summed E-state index contributed by atoms with van der Waals surface area (Å²) in [6.45, 7) is 7.94. The molecule has 0 amide bonds. The van der Waals surface area contributed by atoms with Crippen molar-refractivity contribution >= 4 is 0 Å². The summed E-state index contributed by atoms with van der Waals surface area (Å²) >= 11 is 0. The van der Waals surface area contributed by atoms with Crippen molar-refractivity contribution in [1.82, 2.24) is 15.2 Å². The second kappa shape index (κ2) is 6.27. The van der Waals surface area contributed by atoms with Gasteiger partial charge in [-0.1, -0.05) is 13.0 Å². The molecule has 3 atom stereocenters. The number of pyridine rings is 1. The summed E-state index contributed by atoms with van der Waals surface area (Å²) < 4.78 is 0. The number of hydrogen-bond donors (Lipinski definition) is 1. The average molecular weight is 311 g/mol. The highest BCUT2D eigenvalue weighted by atomic mass is 15.2. The lowest BCUT2D eigenvalue weighted by Gasteiger charge is -2.37. The molecule has 4 rings (SSSR count). The molecule has 3 aliphatic rings. The summed E-state index contributed by atoms with van der Waals surface area (Å²) in [7, 11) is 0. The van der Waals surface area contributed by atoms with Crippen LogP contribution >= 0.6 is 0 Å². The predicted molar refractivity (Wildman–Crippen MR) is 94.2 cm³/mol. The van der Waals surface area contributed by atoms with Crippen LogP contribution in [0.2, 0.25) is 0 Å². The molecule has 2 aliphatic heterocycles. The van der Waals surface area contributed by atoms with Crippen molar-refractivity contribution in [2.75, 3.05) is 19.6 Å². The van der Waals surface area contributed by atoms with Gasteiger partial charge in [-0.3, -0.25) is 4.98 Å². The Kier molecular flexibility index (Phi) is 4.14. The highest BCUT2D eigenvalue weighted by Crippen LogP contribution is 2.45. The molecule has 3 heteroatoms. The summed E-state index contributed by atoms with van der Waals surface area (Å²) in [6, 6.07) is 5.16. The maximum atomic E-state index is 4.46. The first-order chi connectivity index (χ1) is 11.2. The van der Waals surface area contributed by atoms with Gasteiger partial charge >= 0.3 is 0 Å². The summed E-state index contributed by atoms with van der Waals surface area (Å²) in [5.41, 5.74) is 5.92. The first-order valence-electron chi connectivity index (χ1n) is 9.33. The van der Waals surface area contributed by atoms with Crippen molar-refractivity contribution in [2.45, 2.75) is 52.0 Å². The van der Waals surface area contributed by atoms with Gasteiger partial charge in [0.2, 0.25) is 0 Å². The Labute approximate surface area is 140 Å².